The summed E-state index contributed by atoms with van der Waals surface area (Å²) in [6, 6.07) is 15.1. The molecule has 22 heavy (non-hydrogen) atoms. The Balaban J connectivity index is 2.12. The van der Waals surface area contributed by atoms with E-state index in [4.69, 9.17) is 11.1 Å². The molecule has 2 aromatic carbocycles. The number of hydrogen-bond acceptors (Lipinski definition) is 2. The molecule has 0 saturated carbocycles. The van der Waals surface area contributed by atoms with Gasteiger partial charge in [-0.1, -0.05) is 49.4 Å². The van der Waals surface area contributed by atoms with E-state index in [2.05, 4.69) is 50.2 Å². The third kappa shape index (κ3) is 2.35. The Hall–Kier alpha value is -2.35. The van der Waals surface area contributed by atoms with Crippen molar-refractivity contribution < 1.29 is 0 Å². The van der Waals surface area contributed by atoms with E-state index in [0.29, 0.717) is 0 Å². The zero-order valence-corrected chi connectivity index (χ0v) is 13.2. The molecule has 0 aliphatic heterocycles. The second-order valence-electron chi connectivity index (χ2n) is 5.97. The Labute approximate surface area is 132 Å². The van der Waals surface area contributed by atoms with Crippen LogP contribution in [0.5, 0.6) is 0 Å². The summed E-state index contributed by atoms with van der Waals surface area (Å²) in [7, 11) is 0. The molecule has 1 aliphatic rings. The Morgan fingerprint density at radius 3 is 2.68 bits per heavy atom. The van der Waals surface area contributed by atoms with Crippen molar-refractivity contribution in [2.75, 3.05) is 0 Å². The molecule has 2 aromatic rings. The molecule has 0 aromatic heterocycles. The van der Waals surface area contributed by atoms with Gasteiger partial charge in [-0.05, 0) is 47.6 Å². The molecule has 0 amide bonds. The maximum absolute atomic E-state index is 7.66. The first-order valence-corrected chi connectivity index (χ1v) is 7.83. The summed E-state index contributed by atoms with van der Waals surface area (Å²) >= 11 is 0. The van der Waals surface area contributed by atoms with Gasteiger partial charge in [-0.15, -0.1) is 0 Å². The Morgan fingerprint density at radius 1 is 1.23 bits per heavy atom. The van der Waals surface area contributed by atoms with E-state index in [1.54, 1.807) is 0 Å². The molecule has 2 heteroatoms. The summed E-state index contributed by atoms with van der Waals surface area (Å²) in [5.41, 5.74) is 14.3. The zero-order chi connectivity index (χ0) is 15.7. The molecule has 1 atom stereocenters. The fraction of sp³-hybridized carbons (Fsp3) is 0.250. The molecule has 112 valence electrons. The SMILES string of the molecule is CCc1ccc(C2CC(C=N)=C(N)c3ccccc32)cc1C. The van der Waals surface area contributed by atoms with Gasteiger partial charge in [-0.25, -0.2) is 0 Å². The molecule has 1 aliphatic carbocycles. The van der Waals surface area contributed by atoms with Crippen LogP contribution in [0.1, 0.15) is 47.1 Å². The van der Waals surface area contributed by atoms with Gasteiger partial charge in [0, 0.05) is 23.4 Å². The lowest BCUT2D eigenvalue weighted by atomic mass is 9.77. The Morgan fingerprint density at radius 2 is 2.00 bits per heavy atom. The number of rotatable bonds is 3. The molecule has 0 spiro atoms. The van der Waals surface area contributed by atoms with Crippen LogP contribution in [0, 0.1) is 12.3 Å². The first kappa shape index (κ1) is 14.6. The number of aryl methyl sites for hydroxylation is 2. The standard InChI is InChI=1S/C20H22N2/c1-3-14-8-9-15(10-13(14)2)19-11-16(12-21)20(22)18-7-5-4-6-17(18)19/h4-10,12,19,21H,3,11,22H2,1-2H3. The lowest BCUT2D eigenvalue weighted by Gasteiger charge is -2.28. The molecule has 0 bridgehead atoms. The van der Waals surface area contributed by atoms with Crippen LogP contribution >= 0.6 is 0 Å². The summed E-state index contributed by atoms with van der Waals surface area (Å²) < 4.78 is 0. The largest absolute Gasteiger partial charge is 0.398 e. The summed E-state index contributed by atoms with van der Waals surface area (Å²) in [5.74, 6) is 0.282. The second-order valence-corrected chi connectivity index (χ2v) is 5.97. The summed E-state index contributed by atoms with van der Waals surface area (Å²) in [4.78, 5) is 0. The molecule has 0 saturated heterocycles. The summed E-state index contributed by atoms with van der Waals surface area (Å²) in [5, 5.41) is 7.66. The highest BCUT2D eigenvalue weighted by atomic mass is 14.6. The maximum atomic E-state index is 7.66. The number of nitrogens with one attached hydrogen (secondary N) is 1. The van der Waals surface area contributed by atoms with E-state index >= 15 is 0 Å². The van der Waals surface area contributed by atoms with Gasteiger partial charge in [0.05, 0.1) is 0 Å². The van der Waals surface area contributed by atoms with E-state index in [-0.39, 0.29) is 5.92 Å². The lowest BCUT2D eigenvalue weighted by molar-refractivity contribution is 0.796. The van der Waals surface area contributed by atoms with Crippen molar-refractivity contribution in [3.63, 3.8) is 0 Å². The van der Waals surface area contributed by atoms with Gasteiger partial charge >= 0.3 is 0 Å². The molecule has 0 radical (unpaired) electrons. The van der Waals surface area contributed by atoms with Crippen LogP contribution in [0.3, 0.4) is 0 Å². The number of hydrogen-bond donors (Lipinski definition) is 2. The van der Waals surface area contributed by atoms with Crippen molar-refractivity contribution in [3.05, 3.63) is 75.9 Å². The summed E-state index contributed by atoms with van der Waals surface area (Å²) in [6.45, 7) is 4.37. The molecule has 2 nitrogen and oxygen atoms in total. The lowest BCUT2D eigenvalue weighted by Crippen LogP contribution is -2.17. The van der Waals surface area contributed by atoms with Crippen LogP contribution in [0.25, 0.3) is 5.70 Å². The van der Waals surface area contributed by atoms with E-state index in [0.717, 1.165) is 29.7 Å². The van der Waals surface area contributed by atoms with E-state index < -0.39 is 0 Å². The van der Waals surface area contributed by atoms with Crippen LogP contribution in [0.4, 0.5) is 0 Å². The molecular weight excluding hydrogens is 268 g/mol. The molecule has 0 fully saturated rings. The van der Waals surface area contributed by atoms with E-state index in [1.807, 2.05) is 6.07 Å². The summed E-state index contributed by atoms with van der Waals surface area (Å²) in [6.07, 6.45) is 3.27. The minimum absolute atomic E-state index is 0.282. The predicted molar refractivity (Wildman–Crippen MR) is 93.4 cm³/mol. The van der Waals surface area contributed by atoms with Crippen LogP contribution < -0.4 is 5.73 Å². The molecule has 1 unspecified atom stereocenters. The minimum atomic E-state index is 0.282. The van der Waals surface area contributed by atoms with Gasteiger partial charge in [-0.3, -0.25) is 0 Å². The van der Waals surface area contributed by atoms with Gasteiger partial charge in [-0.2, -0.15) is 0 Å². The first-order valence-electron chi connectivity index (χ1n) is 7.83. The number of fused-ring (bicyclic) bond motifs is 1. The van der Waals surface area contributed by atoms with Crippen molar-refractivity contribution in [1.29, 1.82) is 5.41 Å². The van der Waals surface area contributed by atoms with Crippen LogP contribution in [-0.4, -0.2) is 6.21 Å². The van der Waals surface area contributed by atoms with Gasteiger partial charge < -0.3 is 11.1 Å². The predicted octanol–water partition coefficient (Wildman–Crippen LogP) is 4.41. The number of benzene rings is 2. The quantitative estimate of drug-likeness (QED) is 0.808. The first-order chi connectivity index (χ1) is 10.7. The third-order valence-electron chi connectivity index (χ3n) is 4.72. The molecule has 3 rings (SSSR count). The van der Waals surface area contributed by atoms with Crippen molar-refractivity contribution in [2.45, 2.75) is 32.6 Å². The second kappa shape index (κ2) is 5.80. The normalized spacial score (nSPS) is 17.3. The smallest absolute Gasteiger partial charge is 0.0438 e. The van der Waals surface area contributed by atoms with Gasteiger partial charge in [0.25, 0.3) is 0 Å². The van der Waals surface area contributed by atoms with Crippen LogP contribution in [0.15, 0.2) is 48.0 Å². The number of nitrogens with two attached hydrogens (primary N) is 1. The average molecular weight is 290 g/mol. The van der Waals surface area contributed by atoms with Gasteiger partial charge in [0.1, 0.15) is 0 Å². The van der Waals surface area contributed by atoms with Crippen LogP contribution in [-0.2, 0) is 6.42 Å². The highest BCUT2D eigenvalue weighted by molar-refractivity contribution is 5.91. The highest BCUT2D eigenvalue weighted by Gasteiger charge is 2.25. The molecule has 3 N–H and O–H groups in total. The highest BCUT2D eigenvalue weighted by Crippen LogP contribution is 2.40. The average Bonchev–Trinajstić information content (AvgIpc) is 2.55. The van der Waals surface area contributed by atoms with E-state index in [1.165, 1.54) is 28.5 Å². The van der Waals surface area contributed by atoms with Gasteiger partial charge in [0.2, 0.25) is 0 Å². The Bertz CT molecular complexity index is 756. The van der Waals surface area contributed by atoms with Gasteiger partial charge in [0.15, 0.2) is 0 Å². The third-order valence-corrected chi connectivity index (χ3v) is 4.72. The number of allylic oxidation sites excluding steroid dienone is 1. The zero-order valence-electron chi connectivity index (χ0n) is 13.2. The fourth-order valence-corrected chi connectivity index (χ4v) is 3.43. The van der Waals surface area contributed by atoms with Crippen molar-refractivity contribution in [3.8, 4) is 0 Å². The fourth-order valence-electron chi connectivity index (χ4n) is 3.43. The van der Waals surface area contributed by atoms with Crippen molar-refractivity contribution in [2.24, 2.45) is 5.73 Å². The van der Waals surface area contributed by atoms with Crippen molar-refractivity contribution >= 4 is 11.9 Å². The monoisotopic (exact) mass is 290 g/mol. The van der Waals surface area contributed by atoms with Crippen LogP contribution in [0.2, 0.25) is 0 Å². The molecule has 0 heterocycles. The van der Waals surface area contributed by atoms with Crippen molar-refractivity contribution in [1.82, 2.24) is 0 Å². The Kier molecular flexibility index (Phi) is 3.84. The van der Waals surface area contributed by atoms with E-state index in [9.17, 15) is 0 Å². The minimum Gasteiger partial charge on any atom is -0.398 e. The topological polar surface area (TPSA) is 49.9 Å². The maximum Gasteiger partial charge on any atom is 0.0438 e. The molecular formula is C20H22N2.